The number of amides is 2. The molecule has 2 N–H and O–H groups in total. The van der Waals surface area contributed by atoms with E-state index in [-0.39, 0.29) is 36.5 Å². The number of alkyl carbamates (subject to hydrolysis) is 1. The molecule has 1 aliphatic carbocycles. The van der Waals surface area contributed by atoms with Gasteiger partial charge in [-0.05, 0) is 43.4 Å². The van der Waals surface area contributed by atoms with Gasteiger partial charge >= 0.3 is 12.2 Å². The molecule has 0 aromatic heterocycles. The Labute approximate surface area is 197 Å². The molecule has 2 aliphatic rings. The van der Waals surface area contributed by atoms with E-state index in [4.69, 9.17) is 4.74 Å². The normalized spacial score (nSPS) is 23.7. The number of nitrogens with zero attached hydrogens (tertiary/aromatic N) is 2. The van der Waals surface area contributed by atoms with Gasteiger partial charge in [0.2, 0.25) is 10.0 Å². The first kappa shape index (κ1) is 25.5. The third kappa shape index (κ3) is 7.18. The van der Waals surface area contributed by atoms with Gasteiger partial charge in [-0.1, -0.05) is 37.8 Å². The highest BCUT2D eigenvalue weighted by atomic mass is 32.2. The Morgan fingerprint density at radius 2 is 1.85 bits per heavy atom. The van der Waals surface area contributed by atoms with Crippen molar-refractivity contribution in [2.75, 3.05) is 26.2 Å². The summed E-state index contributed by atoms with van der Waals surface area (Å²) in [5.41, 5.74) is 0. The summed E-state index contributed by atoms with van der Waals surface area (Å²) in [5, 5.41) is 12.3. The maximum absolute atomic E-state index is 13.2. The zero-order chi connectivity index (χ0) is 24.2. The molecule has 1 aromatic rings. The van der Waals surface area contributed by atoms with Crippen molar-refractivity contribution in [1.82, 2.24) is 14.5 Å². The lowest BCUT2D eigenvalue weighted by Gasteiger charge is -2.39. The summed E-state index contributed by atoms with van der Waals surface area (Å²) >= 11 is 0. The molecule has 3 unspecified atom stereocenters. The molecular weight excluding hydrogens is 462 g/mol. The Balaban J connectivity index is 1.55. The first-order chi connectivity index (χ1) is 15.5. The van der Waals surface area contributed by atoms with E-state index >= 15 is 0 Å². The maximum atomic E-state index is 13.2. The van der Waals surface area contributed by atoms with Gasteiger partial charge in [0.05, 0.1) is 11.5 Å². The van der Waals surface area contributed by atoms with Crippen LogP contribution in [0.15, 0.2) is 35.2 Å². The first-order valence-corrected chi connectivity index (χ1v) is 16.6. The molecule has 1 saturated carbocycles. The zero-order valence-electron chi connectivity index (χ0n) is 19.6. The van der Waals surface area contributed by atoms with Crippen molar-refractivity contribution in [3.8, 4) is 0 Å². The van der Waals surface area contributed by atoms with Gasteiger partial charge in [0.1, 0.15) is 0 Å². The lowest BCUT2D eigenvalue weighted by Crippen LogP contribution is -2.56. The number of benzene rings is 1. The molecule has 0 bridgehead atoms. The van der Waals surface area contributed by atoms with Crippen LogP contribution in [0.4, 0.5) is 9.59 Å². The summed E-state index contributed by atoms with van der Waals surface area (Å²) in [4.78, 5) is 25.0. The van der Waals surface area contributed by atoms with Crippen LogP contribution in [0, 0.1) is 5.92 Å². The number of piperazine rings is 1. The van der Waals surface area contributed by atoms with Crippen molar-refractivity contribution in [3.63, 3.8) is 0 Å². The predicted molar refractivity (Wildman–Crippen MR) is 127 cm³/mol. The lowest BCUT2D eigenvalue weighted by molar-refractivity contribution is 0.101. The van der Waals surface area contributed by atoms with E-state index in [0.29, 0.717) is 19.4 Å². The van der Waals surface area contributed by atoms with Crippen molar-refractivity contribution in [2.45, 2.75) is 61.9 Å². The molecule has 2 fully saturated rings. The number of carboxylic acid groups (broad SMARTS) is 1. The highest BCUT2D eigenvalue weighted by Crippen LogP contribution is 2.36. The van der Waals surface area contributed by atoms with E-state index in [2.05, 4.69) is 25.0 Å². The molecule has 1 saturated heterocycles. The average molecular weight is 498 g/mol. The highest BCUT2D eigenvalue weighted by molar-refractivity contribution is 7.89. The average Bonchev–Trinajstić information content (AvgIpc) is 3.49. The summed E-state index contributed by atoms with van der Waals surface area (Å²) in [6.45, 7) is 7.53. The number of sulfonamides is 1. The van der Waals surface area contributed by atoms with E-state index in [1.165, 1.54) is 9.21 Å². The molecule has 33 heavy (non-hydrogen) atoms. The second-order valence-corrected chi connectivity index (χ2v) is 17.6. The molecule has 1 heterocycles. The number of rotatable bonds is 9. The van der Waals surface area contributed by atoms with Crippen molar-refractivity contribution >= 4 is 30.3 Å². The van der Waals surface area contributed by atoms with Gasteiger partial charge in [-0.15, -0.1) is 0 Å². The number of ether oxygens (including phenoxy) is 1. The summed E-state index contributed by atoms with van der Waals surface area (Å²) in [6.07, 6.45) is 0.624. The van der Waals surface area contributed by atoms with E-state index < -0.39 is 36.3 Å². The Kier molecular flexibility index (Phi) is 8.07. The Hall–Kier alpha value is -2.11. The van der Waals surface area contributed by atoms with Gasteiger partial charge in [0, 0.05) is 39.8 Å². The minimum atomic E-state index is -3.72. The Bertz CT molecular complexity index is 937. The van der Waals surface area contributed by atoms with E-state index in [1.54, 1.807) is 30.3 Å². The van der Waals surface area contributed by atoms with Gasteiger partial charge in [-0.2, -0.15) is 4.31 Å². The highest BCUT2D eigenvalue weighted by Gasteiger charge is 2.42. The van der Waals surface area contributed by atoms with Gasteiger partial charge in [-0.3, -0.25) is 0 Å². The first-order valence-electron chi connectivity index (χ1n) is 11.5. The van der Waals surface area contributed by atoms with Crippen LogP contribution >= 0.6 is 0 Å². The fourth-order valence-electron chi connectivity index (χ4n) is 4.08. The van der Waals surface area contributed by atoms with Crippen LogP contribution < -0.4 is 5.32 Å². The minimum Gasteiger partial charge on any atom is -0.465 e. The molecule has 184 valence electrons. The molecule has 0 radical (unpaired) electrons. The van der Waals surface area contributed by atoms with Crippen LogP contribution in [-0.2, 0) is 14.8 Å². The van der Waals surface area contributed by atoms with Crippen LogP contribution in [0.25, 0.3) is 0 Å². The fourth-order valence-corrected chi connectivity index (χ4v) is 6.46. The molecule has 3 atom stereocenters. The number of carbonyl (C=O) groups is 2. The molecule has 9 nitrogen and oxygen atoms in total. The molecule has 1 aliphatic heterocycles. The van der Waals surface area contributed by atoms with Crippen LogP contribution in [-0.4, -0.2) is 81.3 Å². The summed E-state index contributed by atoms with van der Waals surface area (Å²) in [6, 6.07) is 8.75. The Morgan fingerprint density at radius 1 is 1.15 bits per heavy atom. The SMILES string of the molecule is C[Si](C)(C)CCOC(=O)NC1CC1CCC1CN(C(=O)O)CCN1S(=O)(=O)c1ccccc1. The van der Waals surface area contributed by atoms with Crippen molar-refractivity contribution in [3.05, 3.63) is 30.3 Å². The summed E-state index contributed by atoms with van der Waals surface area (Å²) in [5.74, 6) is 0.246. The van der Waals surface area contributed by atoms with Gasteiger partial charge in [-0.25, -0.2) is 18.0 Å². The number of nitrogens with one attached hydrogen (secondary N) is 1. The smallest absolute Gasteiger partial charge is 0.407 e. The standard InChI is InChI=1S/C22H35N3O6SSi/c1-33(2,3)14-13-31-21(26)23-20-15-17(20)9-10-18-16-24(22(27)28)11-12-25(18)32(29,30)19-7-5-4-6-8-19/h4-8,17-18,20H,9-16H2,1-3H3,(H,23,26)(H,27,28). The summed E-state index contributed by atoms with van der Waals surface area (Å²) < 4.78 is 33.1. The fraction of sp³-hybridized carbons (Fsp3) is 0.636. The van der Waals surface area contributed by atoms with E-state index in [0.717, 1.165) is 12.5 Å². The van der Waals surface area contributed by atoms with Crippen molar-refractivity contribution in [2.24, 2.45) is 5.92 Å². The molecule has 3 rings (SSSR count). The third-order valence-electron chi connectivity index (χ3n) is 6.23. The molecule has 11 heteroatoms. The van der Waals surface area contributed by atoms with Crippen molar-refractivity contribution < 1.29 is 27.9 Å². The lowest BCUT2D eigenvalue weighted by atomic mass is 10.1. The van der Waals surface area contributed by atoms with Gasteiger partial charge in [0.25, 0.3) is 0 Å². The Morgan fingerprint density at radius 3 is 2.48 bits per heavy atom. The number of hydrogen-bond donors (Lipinski definition) is 2. The minimum absolute atomic E-state index is 0.0303. The zero-order valence-corrected chi connectivity index (χ0v) is 21.4. The van der Waals surface area contributed by atoms with E-state index in [1.807, 2.05) is 0 Å². The van der Waals surface area contributed by atoms with Crippen LogP contribution in [0.3, 0.4) is 0 Å². The quantitative estimate of drug-likeness (QED) is 0.506. The predicted octanol–water partition coefficient (Wildman–Crippen LogP) is 3.27. The van der Waals surface area contributed by atoms with Gasteiger partial charge < -0.3 is 20.1 Å². The second-order valence-electron chi connectivity index (χ2n) is 10.1. The maximum Gasteiger partial charge on any atom is 0.407 e. The monoisotopic (exact) mass is 497 g/mol. The largest absolute Gasteiger partial charge is 0.465 e. The molecule has 2 amide bonds. The molecular formula is C22H35N3O6SSi. The van der Waals surface area contributed by atoms with Crippen LogP contribution in [0.2, 0.25) is 25.7 Å². The van der Waals surface area contributed by atoms with Crippen LogP contribution in [0.5, 0.6) is 0 Å². The third-order valence-corrected chi connectivity index (χ3v) is 9.90. The second kappa shape index (κ2) is 10.4. The number of carbonyl (C=O) groups excluding carboxylic acids is 1. The van der Waals surface area contributed by atoms with E-state index in [9.17, 15) is 23.1 Å². The van der Waals surface area contributed by atoms with Gasteiger partial charge in [0.15, 0.2) is 0 Å². The molecule has 1 aromatic carbocycles. The van der Waals surface area contributed by atoms with Crippen molar-refractivity contribution in [1.29, 1.82) is 0 Å². The topological polar surface area (TPSA) is 116 Å². The summed E-state index contributed by atoms with van der Waals surface area (Å²) in [7, 11) is -4.97. The number of hydrogen-bond acceptors (Lipinski definition) is 5. The molecule has 0 spiro atoms. The van der Waals surface area contributed by atoms with Crippen LogP contribution in [0.1, 0.15) is 19.3 Å².